The zero-order chi connectivity index (χ0) is 27.8. The number of piperidine rings is 1. The Morgan fingerprint density at radius 2 is 2.08 bits per heavy atom. The predicted octanol–water partition coefficient (Wildman–Crippen LogP) is 2.47. The molecule has 2 atom stereocenters. The Bertz CT molecular complexity index is 1240. The van der Waals surface area contributed by atoms with Crippen molar-refractivity contribution >= 4 is 17.8 Å². The summed E-state index contributed by atoms with van der Waals surface area (Å²) in [6.45, 7) is 0.946. The van der Waals surface area contributed by atoms with Crippen LogP contribution in [0.15, 0.2) is 30.5 Å². The lowest BCUT2D eigenvalue weighted by atomic mass is 9.76. The summed E-state index contributed by atoms with van der Waals surface area (Å²) in [5, 5.41) is 23.3. The quantitative estimate of drug-likeness (QED) is 0.452. The lowest BCUT2D eigenvalue weighted by Gasteiger charge is -2.47. The number of nitrogens with zero attached hydrogens (tertiary/aromatic N) is 4. The molecule has 1 saturated carbocycles. The second kappa shape index (κ2) is 10.5. The fourth-order valence-electron chi connectivity index (χ4n) is 5.47. The van der Waals surface area contributed by atoms with Crippen LogP contribution in [0.25, 0.3) is 0 Å². The largest absolute Gasteiger partial charge is 0.573 e. The second-order valence-corrected chi connectivity index (χ2v) is 10.4. The van der Waals surface area contributed by atoms with Crippen LogP contribution in [0.5, 0.6) is 5.75 Å². The summed E-state index contributed by atoms with van der Waals surface area (Å²) in [4.78, 5) is 29.4. The van der Waals surface area contributed by atoms with Gasteiger partial charge in [-0.3, -0.25) is 4.79 Å². The topological polar surface area (TPSA) is 120 Å². The lowest BCUT2D eigenvalue weighted by molar-refractivity contribution is -0.274. The summed E-state index contributed by atoms with van der Waals surface area (Å²) in [6.07, 6.45) is -1.02. The molecule has 3 N–H and O–H groups in total. The number of carbonyl (C=O) groups excluding carboxylic acids is 2. The molecular weight excluding hydrogens is 524 g/mol. The molecule has 1 spiro atoms. The van der Waals surface area contributed by atoms with Gasteiger partial charge in [0.2, 0.25) is 5.91 Å². The maximum atomic E-state index is 14.5. The first-order valence-corrected chi connectivity index (χ1v) is 12.6. The van der Waals surface area contributed by atoms with Crippen molar-refractivity contribution < 1.29 is 37.0 Å². The molecule has 1 aliphatic carbocycles. The summed E-state index contributed by atoms with van der Waals surface area (Å²) in [7, 11) is 0. The van der Waals surface area contributed by atoms with E-state index in [1.54, 1.807) is 11.0 Å². The van der Waals surface area contributed by atoms with Gasteiger partial charge in [-0.2, -0.15) is 5.10 Å². The zero-order valence-corrected chi connectivity index (χ0v) is 20.9. The van der Waals surface area contributed by atoms with Gasteiger partial charge in [0.1, 0.15) is 11.6 Å². The minimum atomic E-state index is -4.94. The molecule has 3 aliphatic rings. The van der Waals surface area contributed by atoms with Gasteiger partial charge in [-0.15, -0.1) is 18.3 Å². The number of alkyl halides is 3. The zero-order valence-electron chi connectivity index (χ0n) is 20.9. The molecule has 3 heterocycles. The molecule has 3 amide bonds. The number of ether oxygens (including phenoxy) is 1. The fourth-order valence-corrected chi connectivity index (χ4v) is 5.47. The third-order valence-electron chi connectivity index (χ3n) is 7.28. The molecule has 1 aromatic heterocycles. The molecule has 2 saturated heterocycles. The maximum absolute atomic E-state index is 14.5. The molecule has 2 aliphatic heterocycles. The second-order valence-electron chi connectivity index (χ2n) is 10.4. The predicted molar refractivity (Wildman–Crippen MR) is 129 cm³/mol. The average Bonchev–Trinajstić information content (AvgIpc) is 3.65. The number of hydrogen-bond donors (Lipinski definition) is 3. The van der Waals surface area contributed by atoms with Gasteiger partial charge in [0.25, 0.3) is 0 Å². The van der Waals surface area contributed by atoms with Crippen LogP contribution >= 0.6 is 0 Å². The summed E-state index contributed by atoms with van der Waals surface area (Å²) < 4.78 is 55.5. The number of rotatable bonds is 7. The van der Waals surface area contributed by atoms with Gasteiger partial charge in [-0.1, -0.05) is 6.07 Å². The number of carbonyl (C=O) groups is 2. The minimum Gasteiger partial charge on any atom is -0.406 e. The van der Waals surface area contributed by atoms with E-state index in [1.807, 2.05) is 4.90 Å². The normalized spacial score (nSPS) is 23.1. The Kier molecular flexibility index (Phi) is 7.23. The smallest absolute Gasteiger partial charge is 0.406 e. The molecule has 1 unspecified atom stereocenters. The maximum Gasteiger partial charge on any atom is 0.573 e. The van der Waals surface area contributed by atoms with E-state index < -0.39 is 29.4 Å². The van der Waals surface area contributed by atoms with E-state index in [0.29, 0.717) is 49.9 Å². The molecule has 2 aromatic rings. The van der Waals surface area contributed by atoms with Crippen LogP contribution < -0.4 is 20.3 Å². The third kappa shape index (κ3) is 6.32. The van der Waals surface area contributed by atoms with Gasteiger partial charge in [0.15, 0.2) is 5.82 Å². The first-order chi connectivity index (χ1) is 18.5. The van der Waals surface area contributed by atoms with Crippen LogP contribution in [0.2, 0.25) is 0 Å². The number of aliphatic hydroxyl groups excluding tert-OH is 1. The number of anilines is 1. The number of aliphatic hydroxyl groups is 1. The molecular formula is C25H28F4N6O4. The van der Waals surface area contributed by atoms with E-state index in [4.69, 9.17) is 0 Å². The van der Waals surface area contributed by atoms with Gasteiger partial charge in [0, 0.05) is 61.2 Å². The Morgan fingerprint density at radius 3 is 2.72 bits per heavy atom. The Hall–Kier alpha value is -3.68. The first-order valence-electron chi connectivity index (χ1n) is 12.6. The molecule has 39 heavy (non-hydrogen) atoms. The van der Waals surface area contributed by atoms with Crippen molar-refractivity contribution in [2.45, 2.75) is 57.3 Å². The number of aromatic nitrogens is 2. The van der Waals surface area contributed by atoms with E-state index in [2.05, 4.69) is 25.6 Å². The minimum absolute atomic E-state index is 0.0112. The summed E-state index contributed by atoms with van der Waals surface area (Å²) in [5.74, 6) is -1.16. The monoisotopic (exact) mass is 552 g/mol. The number of amides is 3. The van der Waals surface area contributed by atoms with Crippen LogP contribution in [0.3, 0.4) is 0 Å². The van der Waals surface area contributed by atoms with Crippen LogP contribution in [0.1, 0.15) is 36.8 Å². The van der Waals surface area contributed by atoms with Crippen molar-refractivity contribution in [1.29, 1.82) is 0 Å². The van der Waals surface area contributed by atoms with Gasteiger partial charge < -0.3 is 30.3 Å². The number of benzene rings is 1. The highest BCUT2D eigenvalue weighted by molar-refractivity contribution is 5.80. The number of halogens is 4. The van der Waals surface area contributed by atoms with Crippen molar-refractivity contribution in [3.8, 4) is 5.75 Å². The van der Waals surface area contributed by atoms with Gasteiger partial charge in [-0.05, 0) is 31.4 Å². The molecule has 210 valence electrons. The molecule has 5 rings (SSSR count). The van der Waals surface area contributed by atoms with E-state index in [1.165, 1.54) is 6.20 Å². The summed E-state index contributed by atoms with van der Waals surface area (Å²) in [5.41, 5.74) is 0.157. The summed E-state index contributed by atoms with van der Waals surface area (Å²) >= 11 is 0. The fraction of sp³-hybridized carbons (Fsp3) is 0.520. The van der Waals surface area contributed by atoms with E-state index in [0.717, 1.165) is 25.0 Å². The molecule has 3 fully saturated rings. The number of hydrogen-bond acceptors (Lipinski definition) is 7. The van der Waals surface area contributed by atoms with E-state index in [-0.39, 0.29) is 36.7 Å². The third-order valence-corrected chi connectivity index (χ3v) is 7.28. The van der Waals surface area contributed by atoms with Crippen LogP contribution in [0, 0.1) is 11.2 Å². The van der Waals surface area contributed by atoms with Crippen LogP contribution in [0.4, 0.5) is 28.2 Å². The molecule has 1 aromatic carbocycles. The Morgan fingerprint density at radius 1 is 1.28 bits per heavy atom. The van der Waals surface area contributed by atoms with Gasteiger partial charge >= 0.3 is 12.4 Å². The highest BCUT2D eigenvalue weighted by atomic mass is 19.4. The number of nitrogens with one attached hydrogen (secondary N) is 2. The van der Waals surface area contributed by atoms with Crippen molar-refractivity contribution in [1.82, 2.24) is 25.7 Å². The highest BCUT2D eigenvalue weighted by Gasteiger charge is 2.49. The standard InChI is InChI=1S/C25H28F4N6O4/c26-20-6-19(39-25(27,28)29)4-1-16(20)10-30-23(38)35(17-2-3-17)18-7-24(8-22(37)31-13-24)14-34(11-18)21-5-15(12-36)9-32-33-21/h1,4-6,9,17-18,36H,2-3,7-8,10-14H2,(H,30,38)(H,31,37)/t18-,24?/m1/s1. The molecule has 0 radical (unpaired) electrons. The van der Waals surface area contributed by atoms with Gasteiger partial charge in [0.05, 0.1) is 18.8 Å². The Labute approximate surface area is 221 Å². The first kappa shape index (κ1) is 26.9. The number of urea groups is 1. The lowest BCUT2D eigenvalue weighted by Crippen LogP contribution is -2.59. The van der Waals surface area contributed by atoms with Crippen molar-refractivity contribution in [2.75, 3.05) is 24.5 Å². The molecule has 0 bridgehead atoms. The van der Waals surface area contributed by atoms with Gasteiger partial charge in [-0.25, -0.2) is 9.18 Å². The SMILES string of the molecule is O=C1CC2(CN1)C[C@@H](N(C(=O)NCc1ccc(OC(F)(F)F)cc1F)C1CC1)CN(c1cc(CO)cnn1)C2. The van der Waals surface area contributed by atoms with Crippen molar-refractivity contribution in [2.24, 2.45) is 5.41 Å². The summed E-state index contributed by atoms with van der Waals surface area (Å²) in [6, 6.07) is 3.72. The Balaban J connectivity index is 1.33. The molecule has 14 heteroatoms. The average molecular weight is 553 g/mol. The van der Waals surface area contributed by atoms with Crippen LogP contribution in [-0.2, 0) is 17.9 Å². The van der Waals surface area contributed by atoms with E-state index in [9.17, 15) is 32.3 Å². The molecule has 10 nitrogen and oxygen atoms in total. The highest BCUT2D eigenvalue weighted by Crippen LogP contribution is 2.41. The van der Waals surface area contributed by atoms with Crippen molar-refractivity contribution in [3.05, 3.63) is 47.4 Å². The van der Waals surface area contributed by atoms with Crippen molar-refractivity contribution in [3.63, 3.8) is 0 Å². The van der Waals surface area contributed by atoms with Crippen LogP contribution in [-0.4, -0.2) is 70.2 Å². The van der Waals surface area contributed by atoms with E-state index >= 15 is 0 Å².